The third-order valence-corrected chi connectivity index (χ3v) is 6.41. The first-order valence-electron chi connectivity index (χ1n) is 11.8. The van der Waals surface area contributed by atoms with Gasteiger partial charge in [0.15, 0.2) is 0 Å². The predicted molar refractivity (Wildman–Crippen MR) is 139 cm³/mol. The van der Waals surface area contributed by atoms with Gasteiger partial charge >= 0.3 is 11.8 Å². The van der Waals surface area contributed by atoms with Crippen LogP contribution in [0, 0.1) is 0 Å². The van der Waals surface area contributed by atoms with E-state index in [0.717, 1.165) is 30.8 Å². The highest BCUT2D eigenvalue weighted by atomic mass is 16.5. The van der Waals surface area contributed by atoms with Gasteiger partial charge in [0.1, 0.15) is 5.75 Å². The first-order chi connectivity index (χ1) is 17.0. The number of hydrogen-bond acceptors (Lipinski definition) is 5. The largest absolute Gasteiger partial charge is 0.495 e. The summed E-state index contributed by atoms with van der Waals surface area (Å²) in [6.07, 6.45) is 0.949. The average Bonchev–Trinajstić information content (AvgIpc) is 2.89. The van der Waals surface area contributed by atoms with Crippen LogP contribution in [-0.4, -0.2) is 51.0 Å². The topological polar surface area (TPSA) is 73.9 Å². The maximum Gasteiger partial charge on any atom is 0.313 e. The Hall–Kier alpha value is -3.84. The van der Waals surface area contributed by atoms with Gasteiger partial charge in [0.25, 0.3) is 0 Å². The summed E-state index contributed by atoms with van der Waals surface area (Å²) in [5.41, 5.74) is 5.33. The van der Waals surface area contributed by atoms with Crippen molar-refractivity contribution in [2.75, 3.05) is 44.5 Å². The number of hydrogen-bond donors (Lipinski definition) is 2. The lowest BCUT2D eigenvalue weighted by atomic mass is 9.96. The van der Waals surface area contributed by atoms with E-state index in [1.165, 1.54) is 18.2 Å². The molecular weight excluding hydrogens is 440 g/mol. The summed E-state index contributed by atoms with van der Waals surface area (Å²) in [6.45, 7) is 1.99. The van der Waals surface area contributed by atoms with E-state index in [0.29, 0.717) is 18.0 Å². The summed E-state index contributed by atoms with van der Waals surface area (Å²) < 4.78 is 5.26. The number of para-hydroxylation sites is 2. The van der Waals surface area contributed by atoms with Gasteiger partial charge in [-0.3, -0.25) is 14.5 Å². The molecule has 2 amide bonds. The van der Waals surface area contributed by atoms with Crippen LogP contribution in [0.15, 0.2) is 72.8 Å². The lowest BCUT2D eigenvalue weighted by Crippen LogP contribution is -2.43. The van der Waals surface area contributed by atoms with Crippen molar-refractivity contribution in [3.8, 4) is 5.75 Å². The highest BCUT2D eigenvalue weighted by Crippen LogP contribution is 2.29. The molecule has 2 N–H and O–H groups in total. The maximum absolute atomic E-state index is 12.7. The Morgan fingerprint density at radius 3 is 2.34 bits per heavy atom. The highest BCUT2D eigenvalue weighted by Gasteiger charge is 2.26. The van der Waals surface area contributed by atoms with Gasteiger partial charge in [0.2, 0.25) is 0 Å². The second-order valence-electron chi connectivity index (χ2n) is 8.86. The van der Waals surface area contributed by atoms with Crippen LogP contribution in [0.4, 0.5) is 11.4 Å². The molecule has 0 aliphatic carbocycles. The summed E-state index contributed by atoms with van der Waals surface area (Å²) in [7, 11) is 5.54. The van der Waals surface area contributed by atoms with Crippen molar-refractivity contribution in [3.63, 3.8) is 0 Å². The van der Waals surface area contributed by atoms with E-state index in [9.17, 15) is 9.59 Å². The maximum atomic E-state index is 12.7. The zero-order chi connectivity index (χ0) is 24.8. The Bertz CT molecular complexity index is 1180. The number of ether oxygens (including phenoxy) is 1. The zero-order valence-electron chi connectivity index (χ0n) is 20.5. The van der Waals surface area contributed by atoms with Gasteiger partial charge in [0.05, 0.1) is 18.8 Å². The van der Waals surface area contributed by atoms with E-state index in [4.69, 9.17) is 4.74 Å². The van der Waals surface area contributed by atoms with Crippen molar-refractivity contribution in [2.24, 2.45) is 0 Å². The fourth-order valence-electron chi connectivity index (χ4n) is 4.43. The molecule has 1 unspecified atom stereocenters. The number of anilines is 2. The molecule has 0 aromatic heterocycles. The molecule has 4 rings (SSSR count). The fourth-order valence-corrected chi connectivity index (χ4v) is 4.43. The van der Waals surface area contributed by atoms with Crippen molar-refractivity contribution in [1.29, 1.82) is 0 Å². The van der Waals surface area contributed by atoms with Gasteiger partial charge in [0, 0.05) is 39.4 Å². The molecule has 0 saturated heterocycles. The number of nitrogens with one attached hydrogen (secondary N) is 2. The first kappa shape index (κ1) is 24.3. The number of methoxy groups -OCH3 is 1. The van der Waals surface area contributed by atoms with Gasteiger partial charge < -0.3 is 20.3 Å². The molecule has 182 valence electrons. The number of nitrogens with zero attached hydrogens (tertiary/aromatic N) is 2. The van der Waals surface area contributed by atoms with Crippen LogP contribution in [0.3, 0.4) is 0 Å². The van der Waals surface area contributed by atoms with E-state index < -0.39 is 11.8 Å². The number of benzene rings is 3. The van der Waals surface area contributed by atoms with Crippen molar-refractivity contribution in [2.45, 2.75) is 19.0 Å². The summed E-state index contributed by atoms with van der Waals surface area (Å²) in [4.78, 5) is 29.7. The molecule has 1 heterocycles. The summed E-state index contributed by atoms with van der Waals surface area (Å²) in [5.74, 6) is -0.900. The number of fused-ring (bicyclic) bond motifs is 1. The molecule has 0 saturated carbocycles. The molecule has 0 bridgehead atoms. The van der Waals surface area contributed by atoms with Crippen LogP contribution >= 0.6 is 0 Å². The zero-order valence-corrected chi connectivity index (χ0v) is 20.5. The number of amides is 2. The number of carbonyl (C=O) groups is 2. The summed E-state index contributed by atoms with van der Waals surface area (Å²) in [5, 5.41) is 5.50. The van der Waals surface area contributed by atoms with E-state index in [2.05, 4.69) is 69.0 Å². The molecule has 7 nitrogen and oxygen atoms in total. The first-order valence-corrected chi connectivity index (χ1v) is 11.8. The standard InChI is InChI=1S/C28H32N4O3/c1-31(2)23-14-12-21(13-15-23)25(32-17-16-20-8-4-5-9-22(20)19-32)18-29-27(33)28(34)30-24-10-6-7-11-26(24)35-3/h4-15,25H,16-19H2,1-3H3,(H,29,33)(H,30,34). The second-order valence-corrected chi connectivity index (χ2v) is 8.86. The monoisotopic (exact) mass is 472 g/mol. The molecule has 0 fully saturated rings. The Morgan fingerprint density at radius 2 is 1.63 bits per heavy atom. The molecule has 1 aliphatic rings. The fraction of sp³-hybridized carbons (Fsp3) is 0.286. The lowest BCUT2D eigenvalue weighted by molar-refractivity contribution is -0.136. The van der Waals surface area contributed by atoms with Crippen LogP contribution in [-0.2, 0) is 22.6 Å². The average molecular weight is 473 g/mol. The minimum absolute atomic E-state index is 0.0671. The van der Waals surface area contributed by atoms with Crippen LogP contribution in [0.25, 0.3) is 0 Å². The van der Waals surface area contributed by atoms with Crippen LogP contribution in [0.5, 0.6) is 5.75 Å². The van der Waals surface area contributed by atoms with Gasteiger partial charge in [-0.15, -0.1) is 0 Å². The summed E-state index contributed by atoms with van der Waals surface area (Å²) in [6, 6.07) is 23.8. The second kappa shape index (κ2) is 11.1. The highest BCUT2D eigenvalue weighted by molar-refractivity contribution is 6.39. The minimum Gasteiger partial charge on any atom is -0.495 e. The van der Waals surface area contributed by atoms with E-state index in [-0.39, 0.29) is 6.04 Å². The van der Waals surface area contributed by atoms with Crippen molar-refractivity contribution < 1.29 is 14.3 Å². The van der Waals surface area contributed by atoms with Gasteiger partial charge in [-0.1, -0.05) is 48.5 Å². The molecule has 3 aromatic rings. The number of carbonyl (C=O) groups excluding carboxylic acids is 2. The predicted octanol–water partition coefficient (Wildman–Crippen LogP) is 3.62. The lowest BCUT2D eigenvalue weighted by Gasteiger charge is -2.36. The molecule has 0 radical (unpaired) electrons. The molecule has 35 heavy (non-hydrogen) atoms. The SMILES string of the molecule is COc1ccccc1NC(=O)C(=O)NCC(c1ccc(N(C)C)cc1)N1CCc2ccccc2C1. The van der Waals surface area contributed by atoms with Crippen molar-refractivity contribution >= 4 is 23.2 Å². The quantitative estimate of drug-likeness (QED) is 0.514. The molecule has 3 aromatic carbocycles. The van der Waals surface area contributed by atoms with Gasteiger partial charge in [-0.25, -0.2) is 0 Å². The third-order valence-electron chi connectivity index (χ3n) is 6.41. The van der Waals surface area contributed by atoms with Crippen LogP contribution in [0.1, 0.15) is 22.7 Å². The number of rotatable bonds is 7. The van der Waals surface area contributed by atoms with Crippen molar-refractivity contribution in [3.05, 3.63) is 89.5 Å². The Labute approximate surface area is 206 Å². The van der Waals surface area contributed by atoms with Crippen LogP contribution < -0.4 is 20.3 Å². The molecule has 1 atom stereocenters. The van der Waals surface area contributed by atoms with Gasteiger partial charge in [-0.05, 0) is 47.4 Å². The smallest absolute Gasteiger partial charge is 0.313 e. The van der Waals surface area contributed by atoms with Gasteiger partial charge in [-0.2, -0.15) is 0 Å². The summed E-state index contributed by atoms with van der Waals surface area (Å²) >= 11 is 0. The van der Waals surface area contributed by atoms with E-state index in [1.807, 2.05) is 14.1 Å². The molecule has 7 heteroatoms. The Morgan fingerprint density at radius 1 is 0.943 bits per heavy atom. The minimum atomic E-state index is -0.722. The Balaban J connectivity index is 1.49. The van der Waals surface area contributed by atoms with Crippen LogP contribution in [0.2, 0.25) is 0 Å². The molecule has 0 spiro atoms. The van der Waals surface area contributed by atoms with Crippen molar-refractivity contribution in [1.82, 2.24) is 10.2 Å². The van der Waals surface area contributed by atoms with E-state index >= 15 is 0 Å². The molecule has 1 aliphatic heterocycles. The molecular formula is C28H32N4O3. The third kappa shape index (κ3) is 5.81. The normalized spacial score (nSPS) is 13.9. The Kier molecular flexibility index (Phi) is 7.67. The van der Waals surface area contributed by atoms with E-state index in [1.54, 1.807) is 24.3 Å².